The molecular formula is C13H24N2S. The molecule has 0 fully saturated rings. The Hall–Kier alpha value is -0.380. The summed E-state index contributed by atoms with van der Waals surface area (Å²) < 4.78 is 0. The molecule has 3 heteroatoms. The average molecular weight is 240 g/mol. The summed E-state index contributed by atoms with van der Waals surface area (Å²) in [5.74, 6) is 0. The minimum absolute atomic E-state index is 0.284. The van der Waals surface area contributed by atoms with Crippen LogP contribution in [0.25, 0.3) is 0 Å². The Balaban J connectivity index is 2.36. The van der Waals surface area contributed by atoms with E-state index in [2.05, 4.69) is 57.2 Å². The maximum absolute atomic E-state index is 3.47. The summed E-state index contributed by atoms with van der Waals surface area (Å²) in [6, 6.07) is 4.50. The summed E-state index contributed by atoms with van der Waals surface area (Å²) in [7, 11) is 4.20. The number of hydrogen-bond donors (Lipinski definition) is 1. The lowest BCUT2D eigenvalue weighted by Crippen LogP contribution is -2.25. The molecule has 0 saturated carbocycles. The van der Waals surface area contributed by atoms with Gasteiger partial charge >= 0.3 is 0 Å². The molecule has 1 aromatic rings. The Kier molecular flexibility index (Phi) is 4.96. The zero-order chi connectivity index (χ0) is 12.2. The van der Waals surface area contributed by atoms with Crippen molar-refractivity contribution in [2.24, 2.45) is 0 Å². The highest BCUT2D eigenvalue weighted by atomic mass is 32.1. The van der Waals surface area contributed by atoms with Gasteiger partial charge in [-0.2, -0.15) is 0 Å². The third-order valence-corrected chi connectivity index (χ3v) is 3.95. The van der Waals surface area contributed by atoms with Crippen LogP contribution in [0.3, 0.4) is 0 Å². The van der Waals surface area contributed by atoms with Crippen molar-refractivity contribution >= 4 is 11.3 Å². The lowest BCUT2D eigenvalue weighted by atomic mass is 9.95. The predicted octanol–water partition coefficient (Wildman–Crippen LogP) is 2.70. The third-order valence-electron chi connectivity index (χ3n) is 2.44. The molecule has 0 bridgehead atoms. The quantitative estimate of drug-likeness (QED) is 0.796. The summed E-state index contributed by atoms with van der Waals surface area (Å²) in [6.45, 7) is 9.94. The van der Waals surface area contributed by atoms with Crippen molar-refractivity contribution in [3.05, 3.63) is 21.9 Å². The Bertz CT molecular complexity index is 310. The third kappa shape index (κ3) is 4.64. The molecule has 1 heterocycles. The van der Waals surface area contributed by atoms with Gasteiger partial charge in [0, 0.05) is 29.4 Å². The van der Waals surface area contributed by atoms with Crippen molar-refractivity contribution in [3.63, 3.8) is 0 Å². The van der Waals surface area contributed by atoms with Gasteiger partial charge < -0.3 is 10.2 Å². The Morgan fingerprint density at radius 3 is 2.44 bits per heavy atom. The molecule has 0 aliphatic heterocycles. The number of rotatable bonds is 5. The maximum atomic E-state index is 3.47. The Labute approximate surface area is 104 Å². The van der Waals surface area contributed by atoms with E-state index in [1.54, 1.807) is 0 Å². The first-order valence-corrected chi connectivity index (χ1v) is 6.66. The van der Waals surface area contributed by atoms with E-state index < -0.39 is 0 Å². The normalized spacial score (nSPS) is 12.4. The van der Waals surface area contributed by atoms with E-state index in [-0.39, 0.29) is 5.41 Å². The minimum atomic E-state index is 0.284. The monoisotopic (exact) mass is 240 g/mol. The van der Waals surface area contributed by atoms with Gasteiger partial charge in [0.05, 0.1) is 0 Å². The van der Waals surface area contributed by atoms with Crippen LogP contribution in [0.2, 0.25) is 0 Å². The van der Waals surface area contributed by atoms with E-state index in [0.717, 1.165) is 19.6 Å². The second-order valence-electron chi connectivity index (χ2n) is 5.50. The predicted molar refractivity (Wildman–Crippen MR) is 73.3 cm³/mol. The van der Waals surface area contributed by atoms with Crippen LogP contribution in [0.4, 0.5) is 0 Å². The smallest absolute Gasteiger partial charge is 0.0300 e. The van der Waals surface area contributed by atoms with Gasteiger partial charge in [-0.25, -0.2) is 0 Å². The van der Waals surface area contributed by atoms with Crippen LogP contribution in [0.15, 0.2) is 12.1 Å². The lowest BCUT2D eigenvalue weighted by Gasteiger charge is -2.15. The van der Waals surface area contributed by atoms with Crippen molar-refractivity contribution < 1.29 is 0 Å². The molecular weight excluding hydrogens is 216 g/mol. The Morgan fingerprint density at radius 1 is 1.25 bits per heavy atom. The fraction of sp³-hybridized carbons (Fsp3) is 0.692. The van der Waals surface area contributed by atoms with Gasteiger partial charge in [0.2, 0.25) is 0 Å². The molecule has 0 saturated heterocycles. The molecule has 0 aliphatic rings. The number of nitrogens with zero attached hydrogens (tertiary/aromatic N) is 1. The summed E-state index contributed by atoms with van der Waals surface area (Å²) in [5.41, 5.74) is 0.284. The van der Waals surface area contributed by atoms with Gasteiger partial charge in [0.1, 0.15) is 0 Å². The van der Waals surface area contributed by atoms with Crippen molar-refractivity contribution in [2.75, 3.05) is 27.2 Å². The highest BCUT2D eigenvalue weighted by molar-refractivity contribution is 7.12. The zero-order valence-electron chi connectivity index (χ0n) is 11.1. The minimum Gasteiger partial charge on any atom is -0.311 e. The topological polar surface area (TPSA) is 15.3 Å². The molecule has 92 valence electrons. The molecule has 0 aliphatic carbocycles. The van der Waals surface area contributed by atoms with Gasteiger partial charge in [-0.1, -0.05) is 20.8 Å². The van der Waals surface area contributed by atoms with Gasteiger partial charge in [0.25, 0.3) is 0 Å². The Morgan fingerprint density at radius 2 is 1.94 bits per heavy atom. The summed E-state index contributed by atoms with van der Waals surface area (Å²) >= 11 is 1.92. The number of nitrogens with one attached hydrogen (secondary N) is 1. The van der Waals surface area contributed by atoms with E-state index in [0.29, 0.717) is 0 Å². The van der Waals surface area contributed by atoms with Crippen LogP contribution in [0.1, 0.15) is 30.5 Å². The largest absolute Gasteiger partial charge is 0.311 e. The molecule has 1 rings (SSSR count). The zero-order valence-corrected chi connectivity index (χ0v) is 11.9. The van der Waals surface area contributed by atoms with Gasteiger partial charge in [-0.15, -0.1) is 11.3 Å². The highest BCUT2D eigenvalue weighted by Gasteiger charge is 2.15. The molecule has 1 aromatic heterocycles. The van der Waals surface area contributed by atoms with Crippen molar-refractivity contribution in [3.8, 4) is 0 Å². The van der Waals surface area contributed by atoms with Gasteiger partial charge in [0.15, 0.2) is 0 Å². The van der Waals surface area contributed by atoms with Crippen LogP contribution in [0, 0.1) is 0 Å². The molecule has 0 radical (unpaired) electrons. The van der Waals surface area contributed by atoms with Crippen LogP contribution in [-0.2, 0) is 12.0 Å². The molecule has 1 N–H and O–H groups in total. The van der Waals surface area contributed by atoms with Gasteiger partial charge in [-0.3, -0.25) is 0 Å². The molecule has 0 aromatic carbocycles. The van der Waals surface area contributed by atoms with Crippen molar-refractivity contribution in [1.29, 1.82) is 0 Å². The van der Waals surface area contributed by atoms with E-state index in [9.17, 15) is 0 Å². The first-order chi connectivity index (χ1) is 7.39. The van der Waals surface area contributed by atoms with Crippen LogP contribution in [0.5, 0.6) is 0 Å². The number of likely N-dealkylation sites (N-methyl/N-ethyl adjacent to an activating group) is 1. The second-order valence-corrected chi connectivity index (χ2v) is 6.66. The van der Waals surface area contributed by atoms with Crippen LogP contribution in [-0.4, -0.2) is 32.1 Å². The summed E-state index contributed by atoms with van der Waals surface area (Å²) in [6.07, 6.45) is 0. The fourth-order valence-electron chi connectivity index (χ4n) is 1.39. The van der Waals surface area contributed by atoms with Gasteiger partial charge in [-0.05, 0) is 31.6 Å². The van der Waals surface area contributed by atoms with Crippen LogP contribution < -0.4 is 5.32 Å². The number of thiophene rings is 1. The summed E-state index contributed by atoms with van der Waals surface area (Å²) in [4.78, 5) is 5.10. The highest BCUT2D eigenvalue weighted by Crippen LogP contribution is 2.29. The number of hydrogen-bond acceptors (Lipinski definition) is 3. The molecule has 0 unspecified atom stereocenters. The first-order valence-electron chi connectivity index (χ1n) is 5.84. The standard InChI is InChI=1S/C13H24N2S/c1-13(2,3)12-7-6-11(16-12)10-14-8-9-15(4)5/h6-7,14H,8-10H2,1-5H3. The molecule has 16 heavy (non-hydrogen) atoms. The molecule has 0 atom stereocenters. The average Bonchev–Trinajstić information content (AvgIpc) is 2.59. The molecule has 0 amide bonds. The van der Waals surface area contributed by atoms with Crippen molar-refractivity contribution in [2.45, 2.75) is 32.7 Å². The van der Waals surface area contributed by atoms with E-state index in [1.807, 2.05) is 11.3 Å². The fourth-order valence-corrected chi connectivity index (χ4v) is 2.43. The maximum Gasteiger partial charge on any atom is 0.0300 e. The van der Waals surface area contributed by atoms with E-state index >= 15 is 0 Å². The van der Waals surface area contributed by atoms with Crippen LogP contribution >= 0.6 is 11.3 Å². The summed E-state index contributed by atoms with van der Waals surface area (Å²) in [5, 5.41) is 3.47. The second kappa shape index (κ2) is 5.80. The lowest BCUT2D eigenvalue weighted by molar-refractivity contribution is 0.400. The SMILES string of the molecule is CN(C)CCNCc1ccc(C(C)(C)C)s1. The van der Waals surface area contributed by atoms with Crippen molar-refractivity contribution in [1.82, 2.24) is 10.2 Å². The van der Waals surface area contributed by atoms with E-state index in [4.69, 9.17) is 0 Å². The molecule has 0 spiro atoms. The van der Waals surface area contributed by atoms with E-state index in [1.165, 1.54) is 9.75 Å². The molecule has 2 nitrogen and oxygen atoms in total. The first kappa shape index (κ1) is 13.7.